The van der Waals surface area contributed by atoms with Crippen LogP contribution in [0.15, 0.2) is 78.2 Å². The minimum atomic E-state index is -0.184. The Bertz CT molecular complexity index is 1140. The molecule has 144 valence electrons. The third-order valence-corrected chi connectivity index (χ3v) is 4.52. The maximum Gasteiger partial charge on any atom is 0.281 e. The van der Waals surface area contributed by atoms with Crippen LogP contribution in [0.5, 0.6) is 0 Å². The molecule has 0 fully saturated rings. The summed E-state index contributed by atoms with van der Waals surface area (Å²) in [7, 11) is 0. The molecule has 0 saturated carbocycles. The Balaban J connectivity index is 1.79. The summed E-state index contributed by atoms with van der Waals surface area (Å²) in [5.41, 5.74) is 9.07. The first-order chi connectivity index (χ1) is 14.3. The van der Waals surface area contributed by atoms with E-state index in [4.69, 9.17) is 5.73 Å². The summed E-state index contributed by atoms with van der Waals surface area (Å²) in [4.78, 5) is 30.3. The lowest BCUT2D eigenvalue weighted by Crippen LogP contribution is -2.23. The minimum Gasteiger partial charge on any atom is -0.330 e. The number of nitrogens with zero attached hydrogens (tertiary/aromatic N) is 5. The van der Waals surface area contributed by atoms with E-state index in [1.54, 1.807) is 53.8 Å². The molecule has 0 unspecified atom stereocenters. The van der Waals surface area contributed by atoms with Crippen LogP contribution in [0.2, 0.25) is 0 Å². The van der Waals surface area contributed by atoms with Gasteiger partial charge >= 0.3 is 0 Å². The fourth-order valence-corrected chi connectivity index (χ4v) is 3.05. The van der Waals surface area contributed by atoms with E-state index in [0.29, 0.717) is 24.5 Å². The molecule has 0 atom stereocenters. The Hall–Kier alpha value is -3.71. The van der Waals surface area contributed by atoms with Crippen molar-refractivity contribution in [3.05, 3.63) is 89.5 Å². The molecule has 4 aromatic rings. The average molecular weight is 384 g/mol. The van der Waals surface area contributed by atoms with E-state index in [0.717, 1.165) is 28.9 Å². The molecule has 7 heteroatoms. The van der Waals surface area contributed by atoms with Crippen molar-refractivity contribution in [3.8, 4) is 28.3 Å². The van der Waals surface area contributed by atoms with E-state index in [2.05, 4.69) is 19.9 Å². The first-order valence-electron chi connectivity index (χ1n) is 9.37. The van der Waals surface area contributed by atoms with Crippen LogP contribution in [-0.4, -0.2) is 31.0 Å². The molecule has 0 radical (unpaired) electrons. The SMILES string of the molecule is NCCCc1cn(-c2ccc(-c3ncccn3)cc2)c(=O)c(-c2ccncc2)n1. The summed E-state index contributed by atoms with van der Waals surface area (Å²) in [5.74, 6) is 0.641. The van der Waals surface area contributed by atoms with Crippen molar-refractivity contribution >= 4 is 0 Å². The molecule has 0 spiro atoms. The third-order valence-electron chi connectivity index (χ3n) is 4.52. The van der Waals surface area contributed by atoms with Gasteiger partial charge in [0.1, 0.15) is 5.69 Å². The smallest absolute Gasteiger partial charge is 0.281 e. The summed E-state index contributed by atoms with van der Waals surface area (Å²) in [6.45, 7) is 0.567. The van der Waals surface area contributed by atoms with E-state index < -0.39 is 0 Å². The van der Waals surface area contributed by atoms with E-state index in [9.17, 15) is 4.79 Å². The quantitative estimate of drug-likeness (QED) is 0.549. The van der Waals surface area contributed by atoms with Crippen LogP contribution in [-0.2, 0) is 6.42 Å². The van der Waals surface area contributed by atoms with E-state index in [1.165, 1.54) is 0 Å². The van der Waals surface area contributed by atoms with Crippen LogP contribution >= 0.6 is 0 Å². The summed E-state index contributed by atoms with van der Waals surface area (Å²) in [6.07, 6.45) is 10.00. The van der Waals surface area contributed by atoms with Gasteiger partial charge in [-0.3, -0.25) is 14.3 Å². The lowest BCUT2D eigenvalue weighted by atomic mass is 10.1. The molecule has 3 heterocycles. The topological polar surface area (TPSA) is 99.6 Å². The molecule has 29 heavy (non-hydrogen) atoms. The summed E-state index contributed by atoms with van der Waals surface area (Å²) in [5, 5.41) is 0. The van der Waals surface area contributed by atoms with Gasteiger partial charge in [0.05, 0.1) is 5.69 Å². The number of aryl methyl sites for hydroxylation is 1. The lowest BCUT2D eigenvalue weighted by Gasteiger charge is -2.12. The van der Waals surface area contributed by atoms with Gasteiger partial charge in [0, 0.05) is 47.8 Å². The van der Waals surface area contributed by atoms with Crippen molar-refractivity contribution in [2.24, 2.45) is 5.73 Å². The number of benzene rings is 1. The zero-order valence-electron chi connectivity index (χ0n) is 15.8. The van der Waals surface area contributed by atoms with Crippen molar-refractivity contribution in [3.63, 3.8) is 0 Å². The molecular formula is C22H20N6O. The van der Waals surface area contributed by atoms with Crippen LogP contribution < -0.4 is 11.3 Å². The highest BCUT2D eigenvalue weighted by atomic mass is 16.1. The molecule has 7 nitrogen and oxygen atoms in total. The molecule has 2 N–H and O–H groups in total. The minimum absolute atomic E-state index is 0.184. The number of nitrogens with two attached hydrogens (primary N) is 1. The highest BCUT2D eigenvalue weighted by Gasteiger charge is 2.12. The Kier molecular flexibility index (Phi) is 5.49. The molecule has 0 aliphatic rings. The normalized spacial score (nSPS) is 10.8. The van der Waals surface area contributed by atoms with Gasteiger partial charge in [-0.1, -0.05) is 0 Å². The zero-order chi connectivity index (χ0) is 20.1. The highest BCUT2D eigenvalue weighted by Crippen LogP contribution is 2.18. The van der Waals surface area contributed by atoms with Gasteiger partial charge in [0.25, 0.3) is 5.56 Å². The van der Waals surface area contributed by atoms with E-state index >= 15 is 0 Å². The van der Waals surface area contributed by atoms with Gasteiger partial charge in [-0.15, -0.1) is 0 Å². The lowest BCUT2D eigenvalue weighted by molar-refractivity contribution is 0.790. The average Bonchev–Trinajstić information content (AvgIpc) is 2.79. The second kappa shape index (κ2) is 8.53. The molecule has 0 aliphatic heterocycles. The summed E-state index contributed by atoms with van der Waals surface area (Å²) >= 11 is 0. The van der Waals surface area contributed by atoms with Crippen LogP contribution in [0.3, 0.4) is 0 Å². The number of rotatable bonds is 6. The maximum absolute atomic E-state index is 13.2. The Morgan fingerprint density at radius 2 is 1.62 bits per heavy atom. The Morgan fingerprint density at radius 1 is 0.897 bits per heavy atom. The molecule has 3 aromatic heterocycles. The van der Waals surface area contributed by atoms with Crippen molar-refractivity contribution < 1.29 is 0 Å². The number of pyridine rings is 1. The third kappa shape index (κ3) is 4.09. The van der Waals surface area contributed by atoms with Crippen molar-refractivity contribution in [1.82, 2.24) is 24.5 Å². The molecule has 0 saturated heterocycles. The van der Waals surface area contributed by atoms with Crippen LogP contribution in [0.25, 0.3) is 28.3 Å². The monoisotopic (exact) mass is 384 g/mol. The zero-order valence-corrected chi connectivity index (χ0v) is 15.8. The molecule has 4 rings (SSSR count). The van der Waals surface area contributed by atoms with E-state index in [-0.39, 0.29) is 5.56 Å². The first-order valence-corrected chi connectivity index (χ1v) is 9.37. The van der Waals surface area contributed by atoms with Gasteiger partial charge in [0.2, 0.25) is 0 Å². The molecule has 0 aliphatic carbocycles. The van der Waals surface area contributed by atoms with E-state index in [1.807, 2.05) is 24.3 Å². The van der Waals surface area contributed by atoms with Gasteiger partial charge < -0.3 is 5.73 Å². The van der Waals surface area contributed by atoms with Crippen molar-refractivity contribution in [1.29, 1.82) is 0 Å². The number of hydrogen-bond acceptors (Lipinski definition) is 6. The molecular weight excluding hydrogens is 364 g/mol. The Labute approximate surface area is 168 Å². The fraction of sp³-hybridized carbons (Fsp3) is 0.136. The molecule has 0 amide bonds. The van der Waals surface area contributed by atoms with Crippen LogP contribution in [0.1, 0.15) is 12.1 Å². The summed E-state index contributed by atoms with van der Waals surface area (Å²) < 4.78 is 1.63. The van der Waals surface area contributed by atoms with Crippen LogP contribution in [0, 0.1) is 0 Å². The predicted molar refractivity (Wildman–Crippen MR) is 111 cm³/mol. The molecule has 0 bridgehead atoms. The van der Waals surface area contributed by atoms with Crippen LogP contribution in [0.4, 0.5) is 0 Å². The first kappa shape index (κ1) is 18.6. The number of hydrogen-bond donors (Lipinski definition) is 1. The van der Waals surface area contributed by atoms with Crippen molar-refractivity contribution in [2.75, 3.05) is 6.54 Å². The van der Waals surface area contributed by atoms with Gasteiger partial charge in [0.15, 0.2) is 5.82 Å². The van der Waals surface area contributed by atoms with Gasteiger partial charge in [-0.2, -0.15) is 0 Å². The van der Waals surface area contributed by atoms with Gasteiger partial charge in [-0.05, 0) is 61.9 Å². The van der Waals surface area contributed by atoms with Gasteiger partial charge in [-0.25, -0.2) is 15.0 Å². The highest BCUT2D eigenvalue weighted by molar-refractivity contribution is 5.59. The second-order valence-electron chi connectivity index (χ2n) is 6.50. The predicted octanol–water partition coefficient (Wildman–Crippen LogP) is 2.64. The summed E-state index contributed by atoms with van der Waals surface area (Å²) in [6, 6.07) is 12.9. The largest absolute Gasteiger partial charge is 0.330 e. The fourth-order valence-electron chi connectivity index (χ4n) is 3.05. The molecule has 1 aromatic carbocycles. The standard InChI is InChI=1S/C22H20N6O/c23-10-1-3-18-15-28(22(29)20(27-18)16-8-13-24-14-9-16)19-6-4-17(5-7-19)21-25-11-2-12-26-21/h2,4-9,11-15H,1,3,10,23H2. The maximum atomic E-state index is 13.2. The Morgan fingerprint density at radius 3 is 2.31 bits per heavy atom. The number of aromatic nitrogens is 5. The van der Waals surface area contributed by atoms with Crippen molar-refractivity contribution in [2.45, 2.75) is 12.8 Å². The second-order valence-corrected chi connectivity index (χ2v) is 6.50.